The van der Waals surface area contributed by atoms with Crippen LogP contribution in [0.15, 0.2) is 17.5 Å². The molecule has 4 heteroatoms. The molecule has 0 saturated carbocycles. The van der Waals surface area contributed by atoms with Gasteiger partial charge in [0.1, 0.15) is 0 Å². The molecule has 1 heterocycles. The predicted molar refractivity (Wildman–Crippen MR) is 69.7 cm³/mol. The topological polar surface area (TPSA) is 52.9 Å². The normalized spacial score (nSPS) is 11.8. The molecule has 0 aromatic carbocycles. The summed E-state index contributed by atoms with van der Waals surface area (Å²) in [6.07, 6.45) is 3.58. The minimum Gasteiger partial charge on any atom is -0.352 e. The highest BCUT2D eigenvalue weighted by atomic mass is 32.1. The van der Waals surface area contributed by atoms with Gasteiger partial charge in [0.25, 0.3) is 0 Å². The third-order valence-electron chi connectivity index (χ3n) is 2.60. The maximum atomic E-state index is 11.6. The number of hydrogen-bond acceptors (Lipinski definition) is 3. The Bertz CT molecular complexity index is 367. The van der Waals surface area contributed by atoms with E-state index < -0.39 is 0 Å². The average Bonchev–Trinajstić information content (AvgIpc) is 2.81. The maximum Gasteiger partial charge on any atom is 0.220 e. The van der Waals surface area contributed by atoms with Gasteiger partial charge in [-0.05, 0) is 30.7 Å². The zero-order chi connectivity index (χ0) is 12.5. The number of nitriles is 1. The van der Waals surface area contributed by atoms with Crippen molar-refractivity contribution < 1.29 is 4.79 Å². The van der Waals surface area contributed by atoms with Crippen LogP contribution >= 0.6 is 11.3 Å². The van der Waals surface area contributed by atoms with Gasteiger partial charge in [0.05, 0.1) is 12.5 Å². The highest BCUT2D eigenvalue weighted by molar-refractivity contribution is 7.09. The van der Waals surface area contributed by atoms with Crippen molar-refractivity contribution in [2.24, 2.45) is 0 Å². The molecule has 0 aliphatic heterocycles. The summed E-state index contributed by atoms with van der Waals surface area (Å²) in [5.41, 5.74) is 0. The molecule has 0 bridgehead atoms. The summed E-state index contributed by atoms with van der Waals surface area (Å²) < 4.78 is 0. The van der Waals surface area contributed by atoms with E-state index in [-0.39, 0.29) is 11.9 Å². The first-order valence-electron chi connectivity index (χ1n) is 5.95. The van der Waals surface area contributed by atoms with E-state index in [0.717, 1.165) is 19.3 Å². The fourth-order valence-corrected chi connectivity index (χ4v) is 2.34. The van der Waals surface area contributed by atoms with E-state index in [9.17, 15) is 4.79 Å². The zero-order valence-electron chi connectivity index (χ0n) is 10.1. The highest BCUT2D eigenvalue weighted by Gasteiger charge is 2.09. The summed E-state index contributed by atoms with van der Waals surface area (Å²) >= 11 is 1.73. The average molecular weight is 250 g/mol. The minimum atomic E-state index is 0.00855. The summed E-state index contributed by atoms with van der Waals surface area (Å²) in [7, 11) is 0. The van der Waals surface area contributed by atoms with Crippen LogP contribution in [0.5, 0.6) is 0 Å². The van der Waals surface area contributed by atoms with Crippen LogP contribution in [0.1, 0.15) is 37.5 Å². The lowest BCUT2D eigenvalue weighted by Crippen LogP contribution is -2.33. The van der Waals surface area contributed by atoms with Gasteiger partial charge in [-0.3, -0.25) is 4.79 Å². The Kier molecular flexibility index (Phi) is 6.34. The van der Waals surface area contributed by atoms with Crippen molar-refractivity contribution >= 4 is 17.2 Å². The number of amides is 1. The molecule has 92 valence electrons. The van der Waals surface area contributed by atoms with E-state index in [4.69, 9.17) is 5.26 Å². The molecule has 17 heavy (non-hydrogen) atoms. The largest absolute Gasteiger partial charge is 0.352 e. The molecule has 1 rings (SSSR count). The minimum absolute atomic E-state index is 0.00855. The Morgan fingerprint density at radius 1 is 1.65 bits per heavy atom. The van der Waals surface area contributed by atoms with Crippen molar-refractivity contribution in [3.8, 4) is 6.07 Å². The summed E-state index contributed by atoms with van der Waals surface area (Å²) in [4.78, 5) is 12.9. The third-order valence-corrected chi connectivity index (χ3v) is 3.54. The number of nitrogens with one attached hydrogen (secondary N) is 1. The predicted octanol–water partition coefficient (Wildman–Crippen LogP) is 2.88. The van der Waals surface area contributed by atoms with Crippen LogP contribution in [0.2, 0.25) is 0 Å². The van der Waals surface area contributed by atoms with Crippen LogP contribution in [-0.4, -0.2) is 11.9 Å². The first-order chi connectivity index (χ1) is 8.26. The van der Waals surface area contributed by atoms with Crippen LogP contribution in [0.3, 0.4) is 0 Å². The van der Waals surface area contributed by atoms with Crippen LogP contribution in [0, 0.1) is 11.3 Å². The van der Waals surface area contributed by atoms with Crippen LogP contribution in [0.25, 0.3) is 0 Å². The van der Waals surface area contributed by atoms with Gasteiger partial charge in [-0.15, -0.1) is 11.3 Å². The maximum absolute atomic E-state index is 11.6. The van der Waals surface area contributed by atoms with Gasteiger partial charge in [0, 0.05) is 17.3 Å². The van der Waals surface area contributed by atoms with Crippen molar-refractivity contribution in [2.75, 3.05) is 0 Å². The first-order valence-corrected chi connectivity index (χ1v) is 6.83. The molecule has 1 amide bonds. The van der Waals surface area contributed by atoms with E-state index >= 15 is 0 Å². The van der Waals surface area contributed by atoms with Gasteiger partial charge < -0.3 is 5.32 Å². The van der Waals surface area contributed by atoms with E-state index in [2.05, 4.69) is 22.8 Å². The van der Waals surface area contributed by atoms with Crippen LogP contribution in [0.4, 0.5) is 0 Å². The van der Waals surface area contributed by atoms with Crippen molar-refractivity contribution in [1.29, 1.82) is 5.26 Å². The molecule has 1 N–H and O–H groups in total. The third kappa shape index (κ3) is 5.50. The van der Waals surface area contributed by atoms with E-state index in [1.807, 2.05) is 13.0 Å². The Hall–Kier alpha value is -1.34. The van der Waals surface area contributed by atoms with Crippen LogP contribution < -0.4 is 5.32 Å². The molecule has 1 aromatic heterocycles. The zero-order valence-corrected chi connectivity index (χ0v) is 10.9. The highest BCUT2D eigenvalue weighted by Crippen LogP contribution is 2.11. The molecule has 0 saturated heterocycles. The lowest BCUT2D eigenvalue weighted by Gasteiger charge is -2.13. The molecule has 0 radical (unpaired) electrons. The van der Waals surface area contributed by atoms with Crippen molar-refractivity contribution in [3.05, 3.63) is 22.4 Å². The van der Waals surface area contributed by atoms with E-state index in [1.165, 1.54) is 4.88 Å². The molecule has 1 atom stereocenters. The molecule has 0 fully saturated rings. The number of hydrogen-bond donors (Lipinski definition) is 1. The Labute approximate surface area is 106 Å². The molecular formula is C13H18N2OS. The molecule has 1 aromatic rings. The smallest absolute Gasteiger partial charge is 0.220 e. The number of rotatable bonds is 7. The summed E-state index contributed by atoms with van der Waals surface area (Å²) in [5, 5.41) is 13.5. The van der Waals surface area contributed by atoms with E-state index in [1.54, 1.807) is 11.3 Å². The first kappa shape index (κ1) is 13.7. The van der Waals surface area contributed by atoms with Gasteiger partial charge in [-0.1, -0.05) is 13.0 Å². The van der Waals surface area contributed by atoms with Gasteiger partial charge >= 0.3 is 0 Å². The Balaban J connectivity index is 2.18. The lowest BCUT2D eigenvalue weighted by molar-refractivity contribution is -0.121. The lowest BCUT2D eigenvalue weighted by atomic mass is 10.1. The summed E-state index contributed by atoms with van der Waals surface area (Å²) in [5.74, 6) is 0.0589. The quantitative estimate of drug-likeness (QED) is 0.809. The van der Waals surface area contributed by atoms with Crippen molar-refractivity contribution in [1.82, 2.24) is 5.32 Å². The van der Waals surface area contributed by atoms with Gasteiger partial charge in [0.15, 0.2) is 0 Å². The standard InChI is InChI=1S/C13H18N2OS/c1-2-11(8-9-14)15-13(16)7-3-5-12-6-4-10-17-12/h4,6,10-11H,2-3,5,7-8H2,1H3,(H,15,16). The fourth-order valence-electron chi connectivity index (χ4n) is 1.59. The van der Waals surface area contributed by atoms with Gasteiger partial charge in [0.2, 0.25) is 5.91 Å². The van der Waals surface area contributed by atoms with Gasteiger partial charge in [-0.25, -0.2) is 0 Å². The number of carbonyl (C=O) groups is 1. The monoisotopic (exact) mass is 250 g/mol. The summed E-state index contributed by atoms with van der Waals surface area (Å²) in [6.45, 7) is 1.98. The number of aryl methyl sites for hydroxylation is 1. The SMILES string of the molecule is CCC(CC#N)NC(=O)CCCc1cccs1. The molecule has 0 spiro atoms. The molecule has 1 unspecified atom stereocenters. The van der Waals surface area contributed by atoms with Crippen molar-refractivity contribution in [2.45, 2.75) is 45.1 Å². The van der Waals surface area contributed by atoms with E-state index in [0.29, 0.717) is 12.8 Å². The second kappa shape index (κ2) is 7.86. The molecular weight excluding hydrogens is 232 g/mol. The number of nitrogens with zero attached hydrogens (tertiary/aromatic N) is 1. The molecule has 3 nitrogen and oxygen atoms in total. The van der Waals surface area contributed by atoms with Crippen LogP contribution in [-0.2, 0) is 11.2 Å². The van der Waals surface area contributed by atoms with Gasteiger partial charge in [-0.2, -0.15) is 5.26 Å². The second-order valence-corrected chi connectivity index (χ2v) is 5.00. The Morgan fingerprint density at radius 2 is 2.47 bits per heavy atom. The number of thiophene rings is 1. The molecule has 0 aliphatic rings. The number of carbonyl (C=O) groups excluding carboxylic acids is 1. The Morgan fingerprint density at radius 3 is 3.06 bits per heavy atom. The fraction of sp³-hybridized carbons (Fsp3) is 0.538. The van der Waals surface area contributed by atoms with Crippen molar-refractivity contribution in [3.63, 3.8) is 0 Å². The summed E-state index contributed by atoms with van der Waals surface area (Å²) in [6, 6.07) is 6.22. The second-order valence-electron chi connectivity index (χ2n) is 3.97. The molecule has 0 aliphatic carbocycles.